The minimum atomic E-state index is -1.59. The smallest absolute Gasteiger partial charge is 0.343 e. The van der Waals surface area contributed by atoms with Gasteiger partial charge in [0.2, 0.25) is 0 Å². The van der Waals surface area contributed by atoms with Gasteiger partial charge in [-0.05, 0) is 80.4 Å². The summed E-state index contributed by atoms with van der Waals surface area (Å²) >= 11 is 9.33. The summed E-state index contributed by atoms with van der Waals surface area (Å²) in [7, 11) is 1.06. The molecule has 3 aliphatic heterocycles. The van der Waals surface area contributed by atoms with E-state index >= 15 is 8.78 Å². The maximum atomic E-state index is 15.1. The number of aromatic carboxylic acids is 1. The molecule has 16 nitrogen and oxygen atoms in total. The number of esters is 1. The van der Waals surface area contributed by atoms with Gasteiger partial charge < -0.3 is 51.3 Å². The molecule has 0 saturated carbocycles. The number of rotatable bonds is 10. The Bertz CT molecular complexity index is 3210. The Morgan fingerprint density at radius 2 is 1.29 bits per heavy atom. The number of aliphatic carboxylic acids is 1. The Balaban J connectivity index is 0.000000219. The number of pyridine rings is 1. The van der Waals surface area contributed by atoms with Gasteiger partial charge >= 0.3 is 17.9 Å². The van der Waals surface area contributed by atoms with Gasteiger partial charge in [0.05, 0.1) is 19.2 Å². The van der Waals surface area contributed by atoms with Crippen LogP contribution in [0.25, 0.3) is 26.9 Å². The van der Waals surface area contributed by atoms with E-state index in [4.69, 9.17) is 23.3 Å². The predicted octanol–water partition coefficient (Wildman–Crippen LogP) is 9.15. The Hall–Kier alpha value is -7.33. The summed E-state index contributed by atoms with van der Waals surface area (Å²) in [6.45, 7) is 20.6. The molecule has 24 heteroatoms. The van der Waals surface area contributed by atoms with Crippen LogP contribution in [0.4, 0.5) is 43.4 Å². The molecule has 4 atom stereocenters. The zero-order valence-electron chi connectivity index (χ0n) is 43.7. The lowest BCUT2D eigenvalue weighted by Gasteiger charge is -2.36. The second kappa shape index (κ2) is 28.7. The first kappa shape index (κ1) is 61.9. The molecule has 1 aromatic heterocycles. The van der Waals surface area contributed by atoms with E-state index in [1.54, 1.807) is 48.7 Å². The van der Waals surface area contributed by atoms with Crippen molar-refractivity contribution in [3.8, 4) is 11.1 Å². The van der Waals surface area contributed by atoms with E-state index in [9.17, 15) is 41.8 Å². The van der Waals surface area contributed by atoms with Crippen molar-refractivity contribution in [2.75, 3.05) is 75.8 Å². The van der Waals surface area contributed by atoms with Crippen LogP contribution >= 0.6 is 27.5 Å². The number of halogens is 8. The van der Waals surface area contributed by atoms with E-state index < -0.39 is 81.5 Å². The molecule has 0 spiro atoms. The van der Waals surface area contributed by atoms with E-state index in [1.165, 1.54) is 0 Å². The molecule has 4 heterocycles. The largest absolute Gasteiger partial charge is 0.480 e. The number of nitrogens with one attached hydrogen (secondary N) is 5. The Kier molecular flexibility index (Phi) is 22.2. The number of anilines is 2. The van der Waals surface area contributed by atoms with E-state index in [2.05, 4.69) is 64.0 Å². The number of carboxylic acids is 2. The summed E-state index contributed by atoms with van der Waals surface area (Å²) in [5.41, 5.74) is 1.07. The highest BCUT2D eigenvalue weighted by molar-refractivity contribution is 9.10. The number of carboxylic acid groups (broad SMARTS) is 2. The standard InChI is InChI=1S/C31H26ClF2N5O3.C12H14F2N2O2.C8H5BrF2O2.C5H12N2/c1-17-16-36-10-11-39(17)20-14-25(33)28(26(34)15-20)30(40)38-27(31(41)42)12-18-5-7-23(29-21(18)4-3-9-37-29)22-8-6-19(35-2)13-24(22)32;1-7-6-15-2-3-16(7)8-4-9(13)11(12(17)18)10(14)5-8;1-13-8(12)7-5(10)2-4(9)3-6(7)11;1-5-4-6-2-3-7-5/h3-9,13-15,17,27,36H,10-12,16H2,1H3,(H,38,40)(H,41,42);4-5,7,15H,2-3,6H2,1H3,(H,17,18);2-3H,1H3;5-7H,2-4H2,1H3/t17-,27-;7-;;5-/m00.0/s1. The van der Waals surface area contributed by atoms with Gasteiger partial charge in [-0.2, -0.15) is 0 Å². The second-order valence-corrected chi connectivity index (χ2v) is 20.0. The third-order valence-electron chi connectivity index (χ3n) is 13.1. The van der Waals surface area contributed by atoms with Crippen molar-refractivity contribution < 1.29 is 60.5 Å². The molecule has 3 fully saturated rings. The van der Waals surface area contributed by atoms with Crippen LogP contribution in [0.3, 0.4) is 0 Å². The quantitative estimate of drug-likeness (QED) is 0.0389. The lowest BCUT2D eigenvalue weighted by Crippen LogP contribution is -2.50. The van der Waals surface area contributed by atoms with Crippen molar-refractivity contribution in [3.63, 3.8) is 0 Å². The third kappa shape index (κ3) is 15.7. The molecule has 0 unspecified atom stereocenters. The normalized spacial score (nSPS) is 17.2. The Labute approximate surface area is 470 Å². The minimum Gasteiger partial charge on any atom is -0.480 e. The van der Waals surface area contributed by atoms with Gasteiger partial charge in [-0.15, -0.1) is 0 Å². The van der Waals surface area contributed by atoms with E-state index in [0.717, 1.165) is 76.2 Å². The zero-order chi connectivity index (χ0) is 58.4. The van der Waals surface area contributed by atoms with Crippen molar-refractivity contribution >= 4 is 79.3 Å². The van der Waals surface area contributed by atoms with Crippen molar-refractivity contribution in [2.45, 2.75) is 51.4 Å². The first-order valence-electron chi connectivity index (χ1n) is 25.0. The molecule has 1 amide bonds. The van der Waals surface area contributed by atoms with Crippen LogP contribution in [0, 0.1) is 41.5 Å². The third-order valence-corrected chi connectivity index (χ3v) is 13.8. The average Bonchev–Trinajstić information content (AvgIpc) is 3.42. The fraction of sp³-hybridized carbons (Fsp3) is 0.321. The van der Waals surface area contributed by atoms with Gasteiger partial charge in [0.25, 0.3) is 5.91 Å². The van der Waals surface area contributed by atoms with Crippen LogP contribution < -0.4 is 36.4 Å². The number of carbonyl (C=O) groups excluding carboxylic acids is 2. The van der Waals surface area contributed by atoms with Gasteiger partial charge in [-0.25, -0.2) is 45.6 Å². The minimum absolute atomic E-state index is 0.00143. The number of piperazine rings is 3. The van der Waals surface area contributed by atoms with Gasteiger partial charge in [0.15, 0.2) is 5.69 Å². The lowest BCUT2D eigenvalue weighted by atomic mass is 9.95. The highest BCUT2D eigenvalue weighted by Crippen LogP contribution is 2.36. The fourth-order valence-electron chi connectivity index (χ4n) is 9.03. The topological polar surface area (TPSA) is 202 Å². The zero-order valence-corrected chi connectivity index (χ0v) is 46.1. The number of amides is 1. The van der Waals surface area contributed by atoms with Crippen LogP contribution in [-0.4, -0.2) is 129 Å². The maximum absolute atomic E-state index is 15.1. The molecule has 3 aliphatic rings. The number of fused-ring (bicyclic) bond motifs is 1. The fourth-order valence-corrected chi connectivity index (χ4v) is 9.71. The lowest BCUT2D eigenvalue weighted by molar-refractivity contribution is -0.139. The maximum Gasteiger partial charge on any atom is 0.343 e. The van der Waals surface area contributed by atoms with Crippen molar-refractivity contribution in [3.05, 3.63) is 163 Å². The van der Waals surface area contributed by atoms with Gasteiger partial charge in [0, 0.05) is 121 Å². The highest BCUT2D eigenvalue weighted by atomic mass is 79.9. The molecule has 424 valence electrons. The Morgan fingerprint density at radius 3 is 1.75 bits per heavy atom. The molecule has 7 N–H and O–H groups in total. The molecule has 0 bridgehead atoms. The van der Waals surface area contributed by atoms with E-state index in [0.29, 0.717) is 81.9 Å². The first-order valence-corrected chi connectivity index (χ1v) is 26.2. The molecule has 0 radical (unpaired) electrons. The molecular weight excluding hydrogens is 1140 g/mol. The predicted molar refractivity (Wildman–Crippen MR) is 296 cm³/mol. The monoisotopic (exact) mass is 1200 g/mol. The van der Waals surface area contributed by atoms with Gasteiger partial charge in [0.1, 0.15) is 57.6 Å². The number of methoxy groups -OCH3 is 1. The number of hydrogen-bond donors (Lipinski definition) is 7. The number of benzene rings is 5. The number of nitrogens with zero attached hydrogens (tertiary/aromatic N) is 4. The molecule has 0 aliphatic carbocycles. The van der Waals surface area contributed by atoms with Crippen LogP contribution in [0.15, 0.2) is 89.5 Å². The van der Waals surface area contributed by atoms with E-state index in [-0.39, 0.29) is 23.0 Å². The number of hydrogen-bond acceptors (Lipinski definition) is 12. The van der Waals surface area contributed by atoms with Crippen LogP contribution in [0.1, 0.15) is 57.4 Å². The number of aromatic nitrogens is 1. The molecule has 5 aromatic carbocycles. The molecule has 3 saturated heterocycles. The van der Waals surface area contributed by atoms with Crippen molar-refractivity contribution in [2.24, 2.45) is 0 Å². The summed E-state index contributed by atoms with van der Waals surface area (Å²) in [5, 5.41) is 34.9. The second-order valence-electron chi connectivity index (χ2n) is 18.7. The summed E-state index contributed by atoms with van der Waals surface area (Å²) < 4.78 is 87.7. The van der Waals surface area contributed by atoms with E-state index in [1.807, 2.05) is 23.6 Å². The molecule has 80 heavy (non-hydrogen) atoms. The summed E-state index contributed by atoms with van der Waals surface area (Å²) in [4.78, 5) is 58.3. The number of carbonyl (C=O) groups is 4. The summed E-state index contributed by atoms with van der Waals surface area (Å²) in [6, 6.07) is 17.4. The summed E-state index contributed by atoms with van der Waals surface area (Å²) in [5.74, 6) is -11.3. The molecule has 6 aromatic rings. The van der Waals surface area contributed by atoms with Crippen molar-refractivity contribution in [1.82, 2.24) is 31.6 Å². The van der Waals surface area contributed by atoms with Crippen LogP contribution in [0.2, 0.25) is 5.02 Å². The highest BCUT2D eigenvalue weighted by Gasteiger charge is 2.29. The average molecular weight is 1200 g/mol. The van der Waals surface area contributed by atoms with Crippen LogP contribution in [0.5, 0.6) is 0 Å². The van der Waals surface area contributed by atoms with Crippen molar-refractivity contribution in [1.29, 1.82) is 0 Å². The SMILES string of the molecule is COC(=O)c1c(F)cc(Br)cc1F.C[C@H]1CNCCN1.C[C@H]1CNCCN1c1cc(F)c(C(=O)O)c(F)c1.[C-]#[N+]c1ccc(-c2ccc(C[C@H](NC(=O)c3c(F)cc(N4CCNC[C@@H]4C)cc3F)C(=O)O)c3cccnc23)c(Cl)c1. The number of ether oxygens (including phenoxy) is 1. The molecular formula is C56H57BrClF6N9O7. The van der Waals surface area contributed by atoms with Gasteiger partial charge in [-0.3, -0.25) is 9.78 Å². The van der Waals surface area contributed by atoms with Gasteiger partial charge in [-0.1, -0.05) is 57.9 Å². The summed E-state index contributed by atoms with van der Waals surface area (Å²) in [6.07, 6.45) is 1.41. The van der Waals surface area contributed by atoms with Crippen LogP contribution in [-0.2, 0) is 16.0 Å². The molecule has 9 rings (SSSR count). The Morgan fingerprint density at radius 1 is 0.750 bits per heavy atom. The first-order chi connectivity index (χ1) is 38.1.